The van der Waals surface area contributed by atoms with E-state index in [1.165, 1.54) is 11.8 Å². The van der Waals surface area contributed by atoms with E-state index in [-0.39, 0.29) is 5.91 Å². The first-order valence-electron chi connectivity index (χ1n) is 5.53. The third kappa shape index (κ3) is 3.32. The minimum atomic E-state index is -1.14. The van der Waals surface area contributed by atoms with Crippen LogP contribution in [0, 0.1) is 0 Å². The largest absolute Gasteiger partial charge is 0.479 e. The first-order chi connectivity index (χ1) is 8.93. The maximum absolute atomic E-state index is 12.2. The average molecular weight is 409 g/mol. The number of thioether (sulfide) groups is 1. The van der Waals surface area contributed by atoms with E-state index in [2.05, 4.69) is 37.2 Å². The zero-order chi connectivity index (χ0) is 14.0. The number of amides is 1. The molecule has 1 saturated heterocycles. The highest BCUT2D eigenvalue weighted by atomic mass is 79.9. The number of carbonyl (C=O) groups is 2. The van der Waals surface area contributed by atoms with Crippen LogP contribution in [-0.2, 0) is 4.79 Å². The van der Waals surface area contributed by atoms with E-state index in [0.29, 0.717) is 17.7 Å². The molecule has 1 fully saturated rings. The van der Waals surface area contributed by atoms with Crippen LogP contribution in [0.15, 0.2) is 27.1 Å². The Kier molecular flexibility index (Phi) is 4.58. The fraction of sp³-hybridized carbons (Fsp3) is 0.333. The van der Waals surface area contributed by atoms with Gasteiger partial charge in [0.25, 0.3) is 5.91 Å². The van der Waals surface area contributed by atoms with Crippen LogP contribution in [0.5, 0.6) is 0 Å². The molecule has 1 amide bonds. The van der Waals surface area contributed by atoms with Gasteiger partial charge in [0.2, 0.25) is 0 Å². The molecule has 7 heteroatoms. The number of carbonyl (C=O) groups excluding carboxylic acids is 1. The van der Waals surface area contributed by atoms with Crippen LogP contribution in [0.25, 0.3) is 0 Å². The fourth-order valence-corrected chi connectivity index (χ4v) is 4.48. The Balaban J connectivity index is 2.22. The summed E-state index contributed by atoms with van der Waals surface area (Å²) in [6.07, 6.45) is 0.452. The molecule has 0 radical (unpaired) electrons. The van der Waals surface area contributed by atoms with Gasteiger partial charge in [-0.15, -0.1) is 0 Å². The van der Waals surface area contributed by atoms with E-state index in [9.17, 15) is 14.7 Å². The summed E-state index contributed by atoms with van der Waals surface area (Å²) < 4.78 is 1.52. The third-order valence-corrected chi connectivity index (χ3v) is 5.01. The molecule has 19 heavy (non-hydrogen) atoms. The van der Waals surface area contributed by atoms with E-state index >= 15 is 0 Å². The van der Waals surface area contributed by atoms with Gasteiger partial charge in [-0.05, 0) is 30.4 Å². The molecule has 2 rings (SSSR count). The van der Waals surface area contributed by atoms with Gasteiger partial charge < -0.3 is 10.4 Å². The summed E-state index contributed by atoms with van der Waals surface area (Å²) in [4.78, 5) is 23.6. The lowest BCUT2D eigenvalue weighted by Crippen LogP contribution is -2.54. The van der Waals surface area contributed by atoms with E-state index in [4.69, 9.17) is 0 Å². The number of hydrogen-bond acceptors (Lipinski definition) is 3. The summed E-state index contributed by atoms with van der Waals surface area (Å²) in [5.41, 5.74) is -0.713. The molecule has 0 saturated carbocycles. The number of carboxylic acid groups (broad SMARTS) is 1. The van der Waals surface area contributed by atoms with Crippen molar-refractivity contribution in [2.45, 2.75) is 12.0 Å². The molecule has 1 aromatic rings. The smallest absolute Gasteiger partial charge is 0.330 e. The number of carboxylic acids is 1. The molecule has 0 aliphatic carbocycles. The van der Waals surface area contributed by atoms with Crippen LogP contribution in [0.1, 0.15) is 16.8 Å². The minimum Gasteiger partial charge on any atom is -0.479 e. The summed E-state index contributed by atoms with van der Waals surface area (Å²) in [6, 6.07) is 5.14. The summed E-state index contributed by atoms with van der Waals surface area (Å²) >= 11 is 8.15. The maximum atomic E-state index is 12.2. The Morgan fingerprint density at radius 3 is 2.37 bits per heavy atom. The van der Waals surface area contributed by atoms with Gasteiger partial charge >= 0.3 is 5.97 Å². The Morgan fingerprint density at radius 2 is 1.89 bits per heavy atom. The van der Waals surface area contributed by atoms with E-state index in [1.54, 1.807) is 12.1 Å². The van der Waals surface area contributed by atoms with Crippen molar-refractivity contribution in [3.8, 4) is 0 Å². The monoisotopic (exact) mass is 407 g/mol. The molecule has 2 N–H and O–H groups in total. The average Bonchev–Trinajstić information content (AvgIpc) is 2.77. The van der Waals surface area contributed by atoms with E-state index < -0.39 is 11.5 Å². The Morgan fingerprint density at radius 1 is 1.26 bits per heavy atom. The van der Waals surface area contributed by atoms with Crippen LogP contribution in [0.3, 0.4) is 0 Å². The second-order valence-corrected chi connectivity index (χ2v) is 7.24. The fourth-order valence-electron chi connectivity index (χ4n) is 1.86. The van der Waals surface area contributed by atoms with Crippen LogP contribution in [0.4, 0.5) is 0 Å². The highest BCUT2D eigenvalue weighted by molar-refractivity contribution is 9.11. The van der Waals surface area contributed by atoms with Gasteiger partial charge in [-0.3, -0.25) is 4.79 Å². The Labute approximate surface area is 131 Å². The molecule has 0 spiro atoms. The number of rotatable bonds is 3. The molecule has 1 heterocycles. The molecule has 1 atom stereocenters. The topological polar surface area (TPSA) is 66.4 Å². The number of hydrogen-bond donors (Lipinski definition) is 2. The lowest BCUT2D eigenvalue weighted by atomic mass is 9.98. The second kappa shape index (κ2) is 5.85. The van der Waals surface area contributed by atoms with Crippen molar-refractivity contribution in [2.75, 3.05) is 11.5 Å². The zero-order valence-electron chi connectivity index (χ0n) is 9.78. The Bertz CT molecular complexity index is 509. The lowest BCUT2D eigenvalue weighted by molar-refractivity contribution is -0.143. The predicted molar refractivity (Wildman–Crippen MR) is 81.6 cm³/mol. The molecule has 1 aliphatic rings. The molecule has 102 valence electrons. The highest BCUT2D eigenvalue weighted by Gasteiger charge is 2.43. The third-order valence-electron chi connectivity index (χ3n) is 2.91. The van der Waals surface area contributed by atoms with Crippen LogP contribution in [-0.4, -0.2) is 34.0 Å². The maximum Gasteiger partial charge on any atom is 0.330 e. The lowest BCUT2D eigenvalue weighted by Gasteiger charge is -2.24. The van der Waals surface area contributed by atoms with Gasteiger partial charge in [-0.2, -0.15) is 11.8 Å². The normalized spacial score (nSPS) is 22.2. The van der Waals surface area contributed by atoms with Crippen molar-refractivity contribution in [1.82, 2.24) is 5.32 Å². The van der Waals surface area contributed by atoms with Gasteiger partial charge in [0.1, 0.15) is 5.54 Å². The number of nitrogens with one attached hydrogen (secondary N) is 1. The van der Waals surface area contributed by atoms with Gasteiger partial charge in [-0.1, -0.05) is 31.9 Å². The summed E-state index contributed by atoms with van der Waals surface area (Å²) in [7, 11) is 0. The number of halogens is 2. The van der Waals surface area contributed by atoms with Crippen molar-refractivity contribution in [3.05, 3.63) is 32.7 Å². The van der Waals surface area contributed by atoms with E-state index in [1.807, 2.05) is 6.07 Å². The number of aliphatic carboxylic acids is 1. The van der Waals surface area contributed by atoms with Crippen molar-refractivity contribution in [3.63, 3.8) is 0 Å². The SMILES string of the molecule is O=C(NC1(C(=O)O)CCSC1)c1cc(Br)cc(Br)c1. The summed E-state index contributed by atoms with van der Waals surface area (Å²) in [5, 5.41) is 12.0. The predicted octanol–water partition coefficient (Wildman–Crippen LogP) is 2.90. The van der Waals surface area contributed by atoms with Crippen LogP contribution >= 0.6 is 43.6 Å². The first kappa shape index (κ1) is 14.9. The van der Waals surface area contributed by atoms with Crippen LogP contribution in [0.2, 0.25) is 0 Å². The van der Waals surface area contributed by atoms with Gasteiger partial charge in [0, 0.05) is 20.3 Å². The highest BCUT2D eigenvalue weighted by Crippen LogP contribution is 2.29. The zero-order valence-corrected chi connectivity index (χ0v) is 13.8. The van der Waals surface area contributed by atoms with Crippen molar-refractivity contribution in [1.29, 1.82) is 0 Å². The second-order valence-electron chi connectivity index (χ2n) is 4.30. The van der Waals surface area contributed by atoms with Crippen molar-refractivity contribution >= 4 is 55.5 Å². The molecular formula is C12H11Br2NO3S. The quantitative estimate of drug-likeness (QED) is 0.806. The molecule has 0 aromatic heterocycles. The molecule has 1 aliphatic heterocycles. The number of benzene rings is 1. The molecule has 1 unspecified atom stereocenters. The summed E-state index contributed by atoms with van der Waals surface area (Å²) in [5.74, 6) is -0.190. The van der Waals surface area contributed by atoms with Crippen LogP contribution < -0.4 is 5.32 Å². The van der Waals surface area contributed by atoms with Crippen molar-refractivity contribution in [2.24, 2.45) is 0 Å². The standard InChI is InChI=1S/C12H11Br2NO3S/c13-8-3-7(4-9(14)5-8)10(16)15-12(11(17)18)1-2-19-6-12/h3-5H,1-2,6H2,(H,15,16)(H,17,18). The first-order valence-corrected chi connectivity index (χ1v) is 8.27. The van der Waals surface area contributed by atoms with Gasteiger partial charge in [0.05, 0.1) is 0 Å². The minimum absolute atomic E-state index is 0.369. The summed E-state index contributed by atoms with van der Waals surface area (Å²) in [6.45, 7) is 0. The van der Waals surface area contributed by atoms with Gasteiger partial charge in [-0.25, -0.2) is 4.79 Å². The molecule has 4 nitrogen and oxygen atoms in total. The molecule has 1 aromatic carbocycles. The van der Waals surface area contributed by atoms with E-state index in [0.717, 1.165) is 14.7 Å². The van der Waals surface area contributed by atoms with Gasteiger partial charge in [0.15, 0.2) is 0 Å². The Hall–Kier alpha value is -0.530. The molecule has 0 bridgehead atoms. The van der Waals surface area contributed by atoms with Crippen molar-refractivity contribution < 1.29 is 14.7 Å². The molecular weight excluding hydrogens is 398 g/mol.